The minimum atomic E-state index is -0.517. The predicted octanol–water partition coefficient (Wildman–Crippen LogP) is 8.72. The molecule has 1 unspecified atom stereocenters. The van der Waals surface area contributed by atoms with Gasteiger partial charge in [-0.2, -0.15) is 0 Å². The van der Waals surface area contributed by atoms with E-state index in [1.54, 1.807) is 42.5 Å². The third-order valence-electron chi connectivity index (χ3n) is 7.36. The molecule has 3 N–H and O–H groups in total. The lowest BCUT2D eigenvalue weighted by atomic mass is 10.1. The Balaban J connectivity index is 1.18. The first-order valence-corrected chi connectivity index (χ1v) is 16.0. The lowest BCUT2D eigenvalue weighted by Gasteiger charge is -2.18. The van der Waals surface area contributed by atoms with E-state index in [9.17, 15) is 14.4 Å². The summed E-state index contributed by atoms with van der Waals surface area (Å²) in [6.07, 6.45) is 1.64. The molecule has 0 aliphatic heterocycles. The van der Waals surface area contributed by atoms with Gasteiger partial charge >= 0.3 is 0 Å². The summed E-state index contributed by atoms with van der Waals surface area (Å²) >= 11 is 1.42. The summed E-state index contributed by atoms with van der Waals surface area (Å²) in [6, 6.07) is 48.9. The average molecular weight is 634 g/mol. The molecule has 6 aromatic carbocycles. The van der Waals surface area contributed by atoms with Crippen molar-refractivity contribution in [1.82, 2.24) is 5.32 Å². The molecule has 0 saturated carbocycles. The van der Waals surface area contributed by atoms with Gasteiger partial charge in [0.05, 0.1) is 0 Å². The van der Waals surface area contributed by atoms with Crippen LogP contribution in [0.1, 0.15) is 26.7 Å². The number of hydrogen-bond acceptors (Lipinski definition) is 4. The van der Waals surface area contributed by atoms with Crippen molar-refractivity contribution < 1.29 is 14.4 Å². The number of amides is 3. The highest BCUT2D eigenvalue weighted by Crippen LogP contribution is 2.37. The average Bonchev–Trinajstić information content (AvgIpc) is 3.12. The molecule has 7 heteroatoms. The lowest BCUT2D eigenvalue weighted by Crippen LogP contribution is -2.30. The highest BCUT2D eigenvalue weighted by molar-refractivity contribution is 8.00. The lowest BCUT2D eigenvalue weighted by molar-refractivity contribution is -0.116. The fourth-order valence-corrected chi connectivity index (χ4v) is 6.01. The fraction of sp³-hybridized carbons (Fsp3) is 0.0250. The van der Waals surface area contributed by atoms with E-state index in [1.807, 2.05) is 121 Å². The molecule has 47 heavy (non-hydrogen) atoms. The maximum absolute atomic E-state index is 13.7. The molecule has 0 radical (unpaired) electrons. The molecular weight excluding hydrogens is 603 g/mol. The number of thioether (sulfide) groups is 1. The summed E-state index contributed by atoms with van der Waals surface area (Å²) in [6.45, 7) is 0. The predicted molar refractivity (Wildman–Crippen MR) is 191 cm³/mol. The Hall–Kier alpha value is -5.92. The van der Waals surface area contributed by atoms with Crippen molar-refractivity contribution >= 4 is 57.7 Å². The molecule has 6 aromatic rings. The normalized spacial score (nSPS) is 11.8. The van der Waals surface area contributed by atoms with Crippen LogP contribution in [0.4, 0.5) is 11.4 Å². The van der Waals surface area contributed by atoms with Crippen LogP contribution in [-0.4, -0.2) is 17.7 Å². The number of hydrogen-bond donors (Lipinski definition) is 3. The molecule has 0 bridgehead atoms. The summed E-state index contributed by atoms with van der Waals surface area (Å²) in [5.41, 5.74) is 3.47. The molecule has 0 spiro atoms. The Labute approximate surface area is 277 Å². The largest absolute Gasteiger partial charge is 0.325 e. The number of carbonyl (C=O) groups excluding carboxylic acids is 3. The van der Waals surface area contributed by atoms with Crippen molar-refractivity contribution in [3.8, 4) is 0 Å². The fourth-order valence-electron chi connectivity index (χ4n) is 4.99. The number of fused-ring (bicyclic) bond motifs is 1. The smallest absolute Gasteiger partial charge is 0.272 e. The Morgan fingerprint density at radius 1 is 0.574 bits per heavy atom. The summed E-state index contributed by atoms with van der Waals surface area (Å²) in [7, 11) is 0. The van der Waals surface area contributed by atoms with Crippen molar-refractivity contribution in [2.45, 2.75) is 10.1 Å². The molecule has 3 amide bonds. The van der Waals surface area contributed by atoms with E-state index in [-0.39, 0.29) is 17.5 Å². The molecule has 1 atom stereocenters. The molecule has 0 saturated heterocycles. The number of benzene rings is 6. The van der Waals surface area contributed by atoms with Gasteiger partial charge in [0, 0.05) is 21.8 Å². The van der Waals surface area contributed by atoms with Crippen LogP contribution < -0.4 is 16.0 Å². The highest BCUT2D eigenvalue weighted by Gasteiger charge is 2.23. The Bertz CT molecular complexity index is 2030. The van der Waals surface area contributed by atoms with Gasteiger partial charge in [0.2, 0.25) is 5.91 Å². The summed E-state index contributed by atoms with van der Waals surface area (Å²) in [5, 5.41) is 10.4. The van der Waals surface area contributed by atoms with Crippen LogP contribution in [0.5, 0.6) is 0 Å². The molecular formula is C40H31N3O3S. The van der Waals surface area contributed by atoms with Gasteiger partial charge in [-0.25, -0.2) is 0 Å². The second-order valence-corrected chi connectivity index (χ2v) is 11.9. The topological polar surface area (TPSA) is 87.3 Å². The molecule has 0 fully saturated rings. The first-order chi connectivity index (χ1) is 23.0. The monoisotopic (exact) mass is 633 g/mol. The molecule has 0 aliphatic carbocycles. The summed E-state index contributed by atoms with van der Waals surface area (Å²) in [4.78, 5) is 40.9. The van der Waals surface area contributed by atoms with Crippen molar-refractivity contribution in [2.75, 3.05) is 10.6 Å². The third-order valence-corrected chi connectivity index (χ3v) is 8.63. The van der Waals surface area contributed by atoms with Crippen LogP contribution in [0.2, 0.25) is 0 Å². The van der Waals surface area contributed by atoms with E-state index in [4.69, 9.17) is 0 Å². The van der Waals surface area contributed by atoms with Gasteiger partial charge in [0.25, 0.3) is 11.8 Å². The Kier molecular flexibility index (Phi) is 9.86. The number of anilines is 2. The number of carbonyl (C=O) groups is 3. The Morgan fingerprint density at radius 2 is 1.17 bits per heavy atom. The van der Waals surface area contributed by atoms with Gasteiger partial charge in [-0.05, 0) is 76.5 Å². The molecule has 6 nitrogen and oxygen atoms in total. The van der Waals surface area contributed by atoms with E-state index >= 15 is 0 Å². The van der Waals surface area contributed by atoms with Crippen LogP contribution in [0, 0.1) is 0 Å². The van der Waals surface area contributed by atoms with Gasteiger partial charge in [-0.15, -0.1) is 11.8 Å². The SMILES string of the molecule is O=C(Nc1ccc(SC(C(=O)Nc2ccc3ccccc3c2)c2ccccc2)cc1)/C(=C/c1ccccc1)NC(=O)c1ccccc1. The van der Waals surface area contributed by atoms with Gasteiger partial charge in [0.15, 0.2) is 0 Å². The van der Waals surface area contributed by atoms with Crippen molar-refractivity contribution in [3.63, 3.8) is 0 Å². The molecule has 0 aliphatic rings. The zero-order chi connectivity index (χ0) is 32.4. The second-order valence-electron chi connectivity index (χ2n) is 10.7. The third kappa shape index (κ3) is 8.22. The minimum Gasteiger partial charge on any atom is -0.325 e. The van der Waals surface area contributed by atoms with Gasteiger partial charge in [-0.1, -0.05) is 109 Å². The molecule has 230 valence electrons. The van der Waals surface area contributed by atoms with E-state index < -0.39 is 11.2 Å². The minimum absolute atomic E-state index is 0.109. The van der Waals surface area contributed by atoms with Crippen LogP contribution in [0.15, 0.2) is 168 Å². The first-order valence-electron chi connectivity index (χ1n) is 15.1. The zero-order valence-corrected chi connectivity index (χ0v) is 26.1. The Morgan fingerprint density at radius 3 is 1.87 bits per heavy atom. The molecule has 6 rings (SSSR count). The van der Waals surface area contributed by atoms with E-state index in [0.29, 0.717) is 11.3 Å². The maximum Gasteiger partial charge on any atom is 0.272 e. The van der Waals surface area contributed by atoms with Crippen LogP contribution >= 0.6 is 11.8 Å². The van der Waals surface area contributed by atoms with Crippen LogP contribution in [0.3, 0.4) is 0 Å². The van der Waals surface area contributed by atoms with Crippen LogP contribution in [0.25, 0.3) is 16.8 Å². The highest BCUT2D eigenvalue weighted by atomic mass is 32.2. The van der Waals surface area contributed by atoms with Crippen molar-refractivity contribution in [1.29, 1.82) is 0 Å². The van der Waals surface area contributed by atoms with Gasteiger partial charge in [0.1, 0.15) is 10.9 Å². The number of rotatable bonds is 10. The quantitative estimate of drug-likeness (QED) is 0.104. The second kappa shape index (κ2) is 14.9. The van der Waals surface area contributed by atoms with Crippen molar-refractivity contribution in [3.05, 3.63) is 180 Å². The van der Waals surface area contributed by atoms with Crippen molar-refractivity contribution in [2.24, 2.45) is 0 Å². The van der Waals surface area contributed by atoms with E-state index in [2.05, 4.69) is 16.0 Å². The van der Waals surface area contributed by atoms with Gasteiger partial charge < -0.3 is 16.0 Å². The maximum atomic E-state index is 13.7. The van der Waals surface area contributed by atoms with Crippen LogP contribution in [-0.2, 0) is 9.59 Å². The summed E-state index contributed by atoms with van der Waals surface area (Å²) in [5.74, 6) is -0.988. The first kappa shape index (κ1) is 31.1. The standard InChI is InChI=1S/C40H31N3O3S/c44-38(31-17-8-3-9-18-31)43-36(26-28-12-4-1-5-13-28)39(45)41-33-22-24-35(25-23-33)47-37(30-15-6-2-7-16-30)40(46)42-34-21-20-29-14-10-11-19-32(29)27-34/h1-27,37H,(H,41,45)(H,42,46)(H,43,44)/b36-26-. The number of nitrogens with one attached hydrogen (secondary N) is 3. The van der Waals surface area contributed by atoms with Gasteiger partial charge in [-0.3, -0.25) is 14.4 Å². The zero-order valence-electron chi connectivity index (χ0n) is 25.3. The molecule has 0 aromatic heterocycles. The van der Waals surface area contributed by atoms with E-state index in [0.717, 1.165) is 32.5 Å². The molecule has 0 heterocycles. The summed E-state index contributed by atoms with van der Waals surface area (Å²) < 4.78 is 0. The van der Waals surface area contributed by atoms with E-state index in [1.165, 1.54) is 11.8 Å².